The number of aromatic amines is 1. The molecule has 2 spiro atoms. The summed E-state index contributed by atoms with van der Waals surface area (Å²) in [7, 11) is -4.24. The molecule has 38 heavy (non-hydrogen) atoms. The van der Waals surface area contributed by atoms with Crippen LogP contribution in [0.4, 0.5) is 10.2 Å². The summed E-state index contributed by atoms with van der Waals surface area (Å²) in [4.78, 5) is 28.3. The number of carbonyl (C=O) groups excluding carboxylic acids is 1. The van der Waals surface area contributed by atoms with Gasteiger partial charge in [-0.2, -0.15) is 18.4 Å². The Balaban J connectivity index is 1.42. The number of pyridine rings is 1. The number of aromatic nitrogens is 3. The molecule has 2 atom stereocenters. The highest BCUT2D eigenvalue weighted by Gasteiger charge is 2.84. The molecule has 1 fully saturated rings. The average molecular weight is 536 g/mol. The Kier molecular flexibility index (Phi) is 5.19. The lowest BCUT2D eigenvalue weighted by Crippen LogP contribution is -2.45. The highest BCUT2D eigenvalue weighted by molar-refractivity contribution is 7.90. The number of ether oxygens (including phenoxy) is 1. The third-order valence-corrected chi connectivity index (χ3v) is 7.68. The van der Waals surface area contributed by atoms with Gasteiger partial charge in [0.2, 0.25) is 0 Å². The first-order valence-electron chi connectivity index (χ1n) is 11.9. The summed E-state index contributed by atoms with van der Waals surface area (Å²) in [6, 6.07) is 14.4. The molecular weight excluding hydrogens is 513 g/mol. The Morgan fingerprint density at radius 1 is 1.21 bits per heavy atom. The third kappa shape index (κ3) is 4.01. The first-order chi connectivity index (χ1) is 18.1. The molecule has 1 amide bonds. The fourth-order valence-electron chi connectivity index (χ4n) is 4.41. The highest BCUT2D eigenvalue weighted by Crippen LogP contribution is 2.54. The van der Waals surface area contributed by atoms with Gasteiger partial charge >= 0.3 is 23.5 Å². The van der Waals surface area contributed by atoms with Crippen molar-refractivity contribution in [1.29, 1.82) is 0 Å². The number of hydrogen-bond donors (Lipinski definition) is 2. The fraction of sp³-hybridized carbons (Fsp3) is 0.320. The van der Waals surface area contributed by atoms with E-state index in [-0.39, 0.29) is 33.6 Å². The Hall–Kier alpha value is -4.49. The van der Waals surface area contributed by atoms with Crippen LogP contribution in [-0.2, 0) is 10.0 Å². The Labute approximate surface area is 217 Å². The van der Waals surface area contributed by atoms with Crippen molar-refractivity contribution in [3.05, 3.63) is 63.7 Å². The van der Waals surface area contributed by atoms with Gasteiger partial charge in [0.1, 0.15) is 11.6 Å². The molecule has 13 heteroatoms. The summed E-state index contributed by atoms with van der Waals surface area (Å²) in [6.45, 7) is 4.46. The molecule has 192 valence electrons. The Morgan fingerprint density at radius 3 is 2.53 bits per heavy atom. The van der Waals surface area contributed by atoms with Crippen LogP contribution >= 0.6 is 0 Å². The number of H-pyrrole nitrogens is 1. The monoisotopic (exact) mass is 535 g/mol. The number of anilines is 1. The van der Waals surface area contributed by atoms with Crippen molar-refractivity contribution in [2.75, 3.05) is 11.5 Å². The zero-order valence-corrected chi connectivity index (χ0v) is 21.2. The minimum Gasteiger partial charge on any atom is -0.493 e. The Bertz CT molecular complexity index is 1670. The summed E-state index contributed by atoms with van der Waals surface area (Å²) in [5, 5.41) is 5.68. The van der Waals surface area contributed by atoms with Gasteiger partial charge in [0.05, 0.1) is 36.9 Å². The molecule has 2 aromatic heterocycles. The summed E-state index contributed by atoms with van der Waals surface area (Å²) >= 11 is 0. The quantitative estimate of drug-likeness (QED) is 0.453. The van der Waals surface area contributed by atoms with Gasteiger partial charge in [-0.15, -0.1) is 0 Å². The molecule has 6 rings (SSSR count). The second-order valence-electron chi connectivity index (χ2n) is 9.69. The maximum atomic E-state index is 15.0. The van der Waals surface area contributed by atoms with Crippen LogP contribution in [0.25, 0.3) is 20.9 Å². The normalized spacial score (nSPS) is 22.2. The molecule has 1 aromatic carbocycles. The molecule has 0 saturated carbocycles. The van der Waals surface area contributed by atoms with Gasteiger partial charge in [-0.05, 0) is 52.0 Å². The minimum absolute atomic E-state index is 0.0575. The number of nitrogens with one attached hydrogen (secondary N) is 2. The van der Waals surface area contributed by atoms with E-state index < -0.39 is 33.1 Å². The number of carbonyl (C=O) groups is 1. The molecule has 2 N–H and O–H groups in total. The first kappa shape index (κ1) is 23.9. The maximum absolute atomic E-state index is 15.0. The molecule has 3 aromatic rings. The van der Waals surface area contributed by atoms with E-state index in [1.807, 2.05) is 18.6 Å². The fourth-order valence-corrected chi connectivity index (χ4v) is 5.28. The van der Waals surface area contributed by atoms with E-state index in [0.29, 0.717) is 25.2 Å². The lowest BCUT2D eigenvalue weighted by Gasteiger charge is -2.19. The predicted molar refractivity (Wildman–Crippen MR) is 135 cm³/mol. The van der Waals surface area contributed by atoms with Crippen LogP contribution in [0.1, 0.15) is 37.0 Å². The van der Waals surface area contributed by atoms with E-state index in [2.05, 4.69) is 37.0 Å². The molecule has 0 unspecified atom stereocenters. The smallest absolute Gasteiger partial charge is 0.493 e. The molecule has 5 heterocycles. The van der Waals surface area contributed by atoms with Crippen molar-refractivity contribution < 1.29 is 22.3 Å². The van der Waals surface area contributed by atoms with E-state index in [0.717, 1.165) is 0 Å². The van der Waals surface area contributed by atoms with Crippen molar-refractivity contribution >= 4 is 21.7 Å². The topological polar surface area (TPSA) is 126 Å². The predicted octanol–water partition coefficient (Wildman–Crippen LogP) is 3.45. The largest absolute Gasteiger partial charge is 0.493 e. The van der Waals surface area contributed by atoms with Crippen LogP contribution in [0.2, 0.25) is 0 Å². The van der Waals surface area contributed by atoms with Crippen LogP contribution in [0.15, 0.2) is 47.6 Å². The van der Waals surface area contributed by atoms with Gasteiger partial charge in [0, 0.05) is 5.56 Å². The summed E-state index contributed by atoms with van der Waals surface area (Å²) in [5.74, 6) is -0.628. The Morgan fingerprint density at radius 2 is 1.92 bits per heavy atom. The van der Waals surface area contributed by atoms with E-state index in [1.54, 1.807) is 11.0 Å². The van der Waals surface area contributed by atoms with Gasteiger partial charge in [0.25, 0.3) is 15.9 Å². The van der Waals surface area contributed by atoms with Crippen LogP contribution in [-0.4, -0.2) is 47.4 Å². The van der Waals surface area contributed by atoms with Crippen LogP contribution in [0, 0.1) is 23.9 Å². The number of nitrogens with zero attached hydrogens (tertiary/aromatic N) is 5. The zero-order valence-electron chi connectivity index (χ0n) is 20.4. The summed E-state index contributed by atoms with van der Waals surface area (Å²) in [6.07, 6.45) is 2.39. The van der Waals surface area contributed by atoms with Gasteiger partial charge < -0.3 is 4.74 Å². The van der Waals surface area contributed by atoms with E-state index in [1.165, 1.54) is 36.5 Å². The molecule has 0 radical (unpaired) electrons. The lowest BCUT2D eigenvalue weighted by molar-refractivity contribution is 0.0981. The second kappa shape index (κ2) is 8.26. The van der Waals surface area contributed by atoms with Crippen molar-refractivity contribution in [3.63, 3.8) is 0 Å². The molecule has 0 aliphatic carbocycles. The molecule has 3 aliphatic heterocycles. The third-order valence-electron chi connectivity index (χ3n) is 6.42. The minimum atomic E-state index is -4.24. The van der Waals surface area contributed by atoms with Crippen molar-refractivity contribution in [2.45, 2.75) is 43.0 Å². The van der Waals surface area contributed by atoms with Gasteiger partial charge in [-0.25, -0.2) is 14.1 Å². The number of hydrogen-bond acceptors (Lipinski definition) is 7. The first-order valence-corrected chi connectivity index (χ1v) is 13.4. The van der Waals surface area contributed by atoms with E-state index in [4.69, 9.17) is 4.74 Å². The SMILES string of the molecule is CC(C)COc1ccc(F)c(-c2ccc(C(=O)NS(=O)(=O)c3ccn[nH]3)c(N3[C@@]4(C#[N+]4)CC[C@@]34C#[N+]4)n2)c1. The lowest BCUT2D eigenvalue weighted by atomic mass is 10.1. The average Bonchev–Trinajstić information content (AvgIpc) is 3.73. The van der Waals surface area contributed by atoms with Crippen molar-refractivity contribution in [1.82, 2.24) is 19.9 Å². The van der Waals surface area contributed by atoms with Crippen molar-refractivity contribution in [3.8, 4) is 29.1 Å². The van der Waals surface area contributed by atoms with Crippen LogP contribution in [0.5, 0.6) is 5.75 Å². The molecule has 3 aliphatic rings. The number of rotatable bonds is 8. The highest BCUT2D eigenvalue weighted by atomic mass is 32.2. The number of amides is 1. The van der Waals surface area contributed by atoms with Gasteiger partial charge in [0.15, 0.2) is 10.8 Å². The number of benzene rings is 1. The van der Waals surface area contributed by atoms with E-state index >= 15 is 0 Å². The van der Waals surface area contributed by atoms with Crippen LogP contribution in [0.3, 0.4) is 0 Å². The molecule has 1 saturated heterocycles. The summed E-state index contributed by atoms with van der Waals surface area (Å²) in [5.41, 5.74) is -1.40. The van der Waals surface area contributed by atoms with Crippen LogP contribution < -0.4 is 14.4 Å². The standard InChI is InChI=1S/C25H21FN7O4S/c1-15(2)12-37-16-3-5-19(26)18(11-16)20-6-4-17(23(34)32-38(35,36)21-7-10-29-31-21)22(30-20)33-24(13-27-24)8-9-25(33)14-28-25/h3-7,10-11,15H,8-9,12H2,1-2H3,(H-,29,31,32,34)/q+1/p+1/t24-,25+. The van der Waals surface area contributed by atoms with E-state index in [9.17, 15) is 17.6 Å². The second-order valence-corrected chi connectivity index (χ2v) is 11.3. The molecule has 0 bridgehead atoms. The van der Waals surface area contributed by atoms with Gasteiger partial charge in [-0.1, -0.05) is 13.8 Å². The molecule has 11 nitrogen and oxygen atoms in total. The zero-order chi connectivity index (χ0) is 26.7. The number of halogens is 1. The maximum Gasteiger partial charge on any atom is 0.493 e. The summed E-state index contributed by atoms with van der Waals surface area (Å²) < 4.78 is 48.2. The number of sulfonamides is 1. The van der Waals surface area contributed by atoms with Crippen molar-refractivity contribution in [2.24, 2.45) is 5.92 Å². The molecular formula is C25H22FN7O4S+2. The van der Waals surface area contributed by atoms with Gasteiger partial charge in [-0.3, -0.25) is 9.89 Å².